The normalized spacial score (nSPS) is 10.1. The first-order chi connectivity index (χ1) is 48.4. The third-order valence-corrected chi connectivity index (χ3v) is 12.5. The zero-order valence-electron chi connectivity index (χ0n) is 62.7. The molecule has 0 unspecified atom stereocenters. The maximum atomic E-state index is 12.0. The molecule has 0 bridgehead atoms. The van der Waals surface area contributed by atoms with Crippen LogP contribution in [0, 0.1) is 62.9 Å². The second-order valence-corrected chi connectivity index (χ2v) is 25.2. The van der Waals surface area contributed by atoms with Crippen molar-refractivity contribution in [1.82, 2.24) is 60.5 Å². The molecule has 0 aliphatic heterocycles. The number of hydrogen-bond donors (Lipinski definition) is 6. The minimum Gasteiger partial charge on any atom is -0.476 e. The molecule has 8 heterocycles. The molecule has 106 heavy (non-hydrogen) atoms. The topological polar surface area (TPSA) is 387 Å². The Morgan fingerprint density at radius 3 is 0.981 bits per heavy atom. The number of amides is 4. The van der Waals surface area contributed by atoms with Crippen LogP contribution in [0.5, 0.6) is 0 Å². The summed E-state index contributed by atoms with van der Waals surface area (Å²) in [6.45, 7) is 28.3. The van der Waals surface area contributed by atoms with Crippen molar-refractivity contribution in [3.8, 4) is 0 Å². The van der Waals surface area contributed by atoms with E-state index in [0.29, 0.717) is 39.8 Å². The van der Waals surface area contributed by atoms with Gasteiger partial charge in [-0.15, -0.1) is 73.3 Å². The number of hydrogen-bond acceptors (Lipinski definition) is 22. The van der Waals surface area contributed by atoms with Gasteiger partial charge >= 0.3 is 212 Å². The van der Waals surface area contributed by atoms with Gasteiger partial charge in [-0.25, -0.2) is 55.3 Å². The Kier molecular flexibility index (Phi) is 46.5. The molecule has 0 radical (unpaired) electrons. The van der Waals surface area contributed by atoms with Gasteiger partial charge in [0.15, 0.2) is 22.9 Å². The predicted molar refractivity (Wildman–Crippen MR) is 378 cm³/mol. The van der Waals surface area contributed by atoms with Gasteiger partial charge in [-0.3, -0.25) is 29.1 Å². The van der Waals surface area contributed by atoms with E-state index in [-0.39, 0.29) is 268 Å². The van der Waals surface area contributed by atoms with E-state index in [2.05, 4.69) is 214 Å². The molecule has 0 atom stereocenters. The number of aryl methyl sites for hydroxylation is 2. The number of carbonyl (C=O) groups is 5. The summed E-state index contributed by atoms with van der Waals surface area (Å²) in [4.78, 5) is 89.0. The Hall–Kier alpha value is -6.26. The number of aromatic carboxylic acids is 1. The van der Waals surface area contributed by atoms with Gasteiger partial charge in [-0.1, -0.05) is 106 Å². The van der Waals surface area contributed by atoms with Gasteiger partial charge in [0.1, 0.15) is 11.4 Å². The first kappa shape index (κ1) is 97.7. The molecule has 31 heteroatoms. The van der Waals surface area contributed by atoms with Gasteiger partial charge in [-0.2, -0.15) is 97.1 Å². The van der Waals surface area contributed by atoms with E-state index in [9.17, 15) is 24.0 Å². The van der Waals surface area contributed by atoms with E-state index in [1.54, 1.807) is 134 Å². The monoisotopic (exact) mass is 1530 g/mol. The van der Waals surface area contributed by atoms with Crippen LogP contribution in [-0.2, 0) is 21.7 Å². The fourth-order valence-corrected chi connectivity index (χ4v) is 7.06. The van der Waals surface area contributed by atoms with Crippen LogP contribution in [0.25, 0.3) is 0 Å². The quantitative estimate of drug-likeness (QED) is 0.0871. The van der Waals surface area contributed by atoms with Crippen LogP contribution in [0.1, 0.15) is 170 Å². The number of nitrogens with zero attached hydrogens (tertiary/aromatic N) is 12. The fraction of sp³-hybridized carbons (Fsp3) is 0.240. The minimum absolute atomic E-state index is 0. The van der Waals surface area contributed by atoms with Crippen molar-refractivity contribution in [1.29, 1.82) is 0 Å². The van der Waals surface area contributed by atoms with Gasteiger partial charge in [-0.05, 0) is 58.5 Å². The smallest absolute Gasteiger partial charge is 0.476 e. The van der Waals surface area contributed by atoms with Crippen molar-refractivity contribution < 1.29 is 253 Å². The molecule has 12 rings (SSSR count). The summed E-state index contributed by atoms with van der Waals surface area (Å²) in [5.74, 6) is 0.807. The van der Waals surface area contributed by atoms with E-state index >= 15 is 0 Å². The average molecular weight is 1530 g/mol. The number of nitrogen functional groups attached to an aromatic ring is 1. The number of carboxylic acids is 1. The zero-order chi connectivity index (χ0) is 74.7. The summed E-state index contributed by atoms with van der Waals surface area (Å²) in [5.41, 5.74) is 9.76. The molecular formula is C75H77K4N17O10-4. The average Bonchev–Trinajstić information content (AvgIpc) is 1.78. The molecule has 8 aromatic heterocycles. The van der Waals surface area contributed by atoms with Crippen LogP contribution in [0.3, 0.4) is 0 Å². The van der Waals surface area contributed by atoms with Gasteiger partial charge in [0.2, 0.25) is 0 Å². The van der Waals surface area contributed by atoms with Crippen molar-refractivity contribution in [2.75, 3.05) is 27.0 Å². The van der Waals surface area contributed by atoms with Gasteiger partial charge < -0.3 is 50.2 Å². The number of anilines is 5. The molecule has 0 spiro atoms. The van der Waals surface area contributed by atoms with E-state index < -0.39 is 11.9 Å². The minimum atomic E-state index is -1.29. The van der Waals surface area contributed by atoms with Crippen molar-refractivity contribution in [2.45, 2.75) is 119 Å². The summed E-state index contributed by atoms with van der Waals surface area (Å²) in [7, 11) is 0. The molecule has 27 nitrogen and oxygen atoms in total. The van der Waals surface area contributed by atoms with Gasteiger partial charge in [0.25, 0.3) is 23.6 Å². The molecule has 0 aliphatic carbocycles. The second-order valence-electron chi connectivity index (χ2n) is 25.2. The largest absolute Gasteiger partial charge is 1.00 e. The zero-order valence-corrected chi connectivity index (χ0v) is 75.2. The van der Waals surface area contributed by atoms with Crippen molar-refractivity contribution in [2.24, 2.45) is 0 Å². The third-order valence-electron chi connectivity index (χ3n) is 12.5. The molecule has 0 aliphatic rings. The first-order valence-corrected chi connectivity index (χ1v) is 31.0. The maximum Gasteiger partial charge on any atom is 1.00 e. The number of aromatic nitrogens is 12. The predicted octanol–water partition coefficient (Wildman–Crippen LogP) is 1.12. The Morgan fingerprint density at radius 2 is 0.698 bits per heavy atom. The molecule has 7 N–H and O–H groups in total. The van der Waals surface area contributed by atoms with Crippen molar-refractivity contribution >= 4 is 58.2 Å². The van der Waals surface area contributed by atoms with Crippen molar-refractivity contribution in [3.05, 3.63) is 283 Å². The number of benzene rings is 4. The van der Waals surface area contributed by atoms with Gasteiger partial charge in [0.05, 0.1) is 23.8 Å². The SMILES string of the molecule is CC(C)(C)c1c[c-]no1.CC(C)(C)c1c[c-]no1.CC(C)(C)c1c[c-]no1.CC(C)(C)c1c[c-]no1.Cc1cnc(C(=O)Nc2cc[c-]cc2)c(C(=O)O)n1.Cc1cnc(C(=O)Nc2cc[c-]cc2)cn1.Nc1nccnc1C(=O)Nc1cc[c-]cc1.O=C(Nc1cc[c-]cc1)c1cnccn1.[K+].[K+].[K+].[K+]. The fourth-order valence-electron chi connectivity index (χ4n) is 7.06. The van der Waals surface area contributed by atoms with Crippen LogP contribution in [0.15, 0.2) is 189 Å². The molecule has 0 saturated carbocycles. The number of carboxylic acid groups (broad SMARTS) is 1. The number of carbonyl (C=O) groups excluding carboxylic acids is 4. The van der Waals surface area contributed by atoms with E-state index in [1.165, 1.54) is 43.4 Å². The molecule has 0 fully saturated rings. The molecule has 4 aromatic carbocycles. The van der Waals surface area contributed by atoms with E-state index in [4.69, 9.17) is 28.9 Å². The Balaban J connectivity index is 0.000000612. The van der Waals surface area contributed by atoms with Crippen molar-refractivity contribution in [3.63, 3.8) is 0 Å². The number of rotatable bonds is 9. The van der Waals surface area contributed by atoms with Crippen LogP contribution in [-0.4, -0.2) is 95.2 Å². The summed E-state index contributed by atoms with van der Waals surface area (Å²) in [6.07, 6.45) is 22.1. The van der Waals surface area contributed by atoms with Crippen LogP contribution >= 0.6 is 0 Å². The third kappa shape index (κ3) is 37.7. The maximum absolute atomic E-state index is 12.0. The Bertz CT molecular complexity index is 4230. The van der Waals surface area contributed by atoms with Crippen LogP contribution in [0.2, 0.25) is 0 Å². The Morgan fingerprint density at radius 1 is 0.377 bits per heavy atom. The van der Waals surface area contributed by atoms with Crippen LogP contribution < -0.4 is 233 Å². The molecule has 0 saturated heterocycles. The summed E-state index contributed by atoms with van der Waals surface area (Å²) in [6, 6.07) is 45.8. The summed E-state index contributed by atoms with van der Waals surface area (Å²) >= 11 is 0. The molecule has 4 amide bonds. The molecule has 530 valence electrons. The van der Waals surface area contributed by atoms with E-state index in [0.717, 1.165) is 28.7 Å². The van der Waals surface area contributed by atoms with Crippen LogP contribution in [0.4, 0.5) is 28.6 Å². The second kappa shape index (κ2) is 50.4. The summed E-state index contributed by atoms with van der Waals surface area (Å²) < 4.78 is 19.6. The first-order valence-electron chi connectivity index (χ1n) is 31.0. The number of nitrogens with one attached hydrogen (secondary N) is 4. The summed E-state index contributed by atoms with van der Waals surface area (Å²) in [5, 5.41) is 33.6. The van der Waals surface area contributed by atoms with E-state index in [1.807, 2.05) is 6.92 Å². The standard InChI is InChI=1S/C13H10N3O3.C12H10N3O.C11H9N4O.C11H8N3O.4C7H10NO.4K/c1-8-7-14-10(11(15-8)13(18)19)12(17)16-9-5-3-2-4-6-9;1-9-7-14-11(8-13-9)12(16)15-10-5-3-2-4-6-10;12-10-9(13-6-7-14-10)11(16)15-8-4-2-1-3-5-8;15-11(10-8-12-6-7-13-10)14-9-4-2-1-3-5-9;4*1-7(2,3)6-4-5-8-9-6;;;;/h3-7H,1H3,(H,16,17)(H,18,19);3-8H,1H3,(H,15,16);2-7H,(H2,12,14)(H,15,16);2-8H,(H,14,15);4*4H,1-3H3;;;;/q8*-1;4*+1. The molecular weight excluding hydrogens is 1460 g/mol. The molecule has 12 aromatic rings. The van der Waals surface area contributed by atoms with Gasteiger partial charge in [0, 0.05) is 37.2 Å². The Labute approximate surface area is 787 Å². The number of nitrogens with two attached hydrogens (primary N) is 1.